The van der Waals surface area contributed by atoms with Crippen molar-refractivity contribution >= 4 is 23.5 Å². The number of hydrogen-bond acceptors (Lipinski definition) is 4. The van der Waals surface area contributed by atoms with Crippen molar-refractivity contribution < 1.29 is 19.4 Å². The SMILES string of the molecule is COc1cc(/C=C2\Cc3ccc(NC(C)=O)cc3C2=O)ccc1O. The predicted molar refractivity (Wildman–Crippen MR) is 91.4 cm³/mol. The van der Waals surface area contributed by atoms with E-state index in [-0.39, 0.29) is 17.4 Å². The Labute approximate surface area is 139 Å². The molecule has 0 bridgehead atoms. The summed E-state index contributed by atoms with van der Waals surface area (Å²) >= 11 is 0. The van der Waals surface area contributed by atoms with Crippen LogP contribution in [0.4, 0.5) is 5.69 Å². The maximum atomic E-state index is 12.6. The second kappa shape index (κ2) is 6.20. The molecule has 5 heteroatoms. The van der Waals surface area contributed by atoms with E-state index in [2.05, 4.69) is 5.32 Å². The molecule has 0 saturated carbocycles. The number of amides is 1. The van der Waals surface area contributed by atoms with Crippen LogP contribution in [0.3, 0.4) is 0 Å². The number of hydrogen-bond donors (Lipinski definition) is 2. The molecule has 0 fully saturated rings. The molecule has 0 atom stereocenters. The predicted octanol–water partition coefficient (Wildman–Crippen LogP) is 3.18. The third-order valence-corrected chi connectivity index (χ3v) is 3.89. The second-order valence-electron chi connectivity index (χ2n) is 5.66. The zero-order valence-electron chi connectivity index (χ0n) is 13.4. The van der Waals surface area contributed by atoms with E-state index in [9.17, 15) is 14.7 Å². The first-order valence-corrected chi connectivity index (χ1v) is 7.50. The van der Waals surface area contributed by atoms with Crippen LogP contribution in [-0.4, -0.2) is 23.9 Å². The van der Waals surface area contributed by atoms with E-state index in [0.717, 1.165) is 11.1 Å². The number of aromatic hydroxyl groups is 1. The number of carbonyl (C=O) groups is 2. The van der Waals surface area contributed by atoms with Gasteiger partial charge in [0.15, 0.2) is 17.3 Å². The number of rotatable bonds is 3. The molecule has 1 aliphatic carbocycles. The molecule has 24 heavy (non-hydrogen) atoms. The standard InChI is InChI=1S/C19H17NO4/c1-11(21)20-15-5-4-13-9-14(19(23)16(13)10-15)7-12-3-6-17(22)18(8-12)24-2/h3-8,10,22H,9H2,1-2H3,(H,20,21)/b14-7+. The van der Waals surface area contributed by atoms with Crippen molar-refractivity contribution in [2.24, 2.45) is 0 Å². The molecule has 5 nitrogen and oxygen atoms in total. The van der Waals surface area contributed by atoms with E-state index in [4.69, 9.17) is 4.74 Å². The van der Waals surface area contributed by atoms with Gasteiger partial charge in [-0.25, -0.2) is 0 Å². The average Bonchev–Trinajstić information content (AvgIpc) is 2.85. The van der Waals surface area contributed by atoms with Gasteiger partial charge in [0.25, 0.3) is 0 Å². The zero-order chi connectivity index (χ0) is 17.3. The van der Waals surface area contributed by atoms with Gasteiger partial charge in [-0.05, 0) is 41.5 Å². The van der Waals surface area contributed by atoms with Crippen molar-refractivity contribution in [1.29, 1.82) is 0 Å². The molecule has 0 aliphatic heterocycles. The van der Waals surface area contributed by atoms with Crippen molar-refractivity contribution in [3.63, 3.8) is 0 Å². The van der Waals surface area contributed by atoms with Gasteiger partial charge in [0.2, 0.25) is 5.91 Å². The number of benzene rings is 2. The summed E-state index contributed by atoms with van der Waals surface area (Å²) in [5, 5.41) is 12.3. The van der Waals surface area contributed by atoms with Gasteiger partial charge < -0.3 is 15.2 Å². The van der Waals surface area contributed by atoms with Crippen LogP contribution in [0.1, 0.15) is 28.4 Å². The van der Waals surface area contributed by atoms with E-state index in [1.54, 1.807) is 30.3 Å². The lowest BCUT2D eigenvalue weighted by Gasteiger charge is -2.04. The Morgan fingerprint density at radius 1 is 1.25 bits per heavy atom. The highest BCUT2D eigenvalue weighted by Crippen LogP contribution is 2.32. The Morgan fingerprint density at radius 3 is 2.75 bits per heavy atom. The molecule has 0 spiro atoms. The van der Waals surface area contributed by atoms with Crippen molar-refractivity contribution in [3.05, 3.63) is 58.7 Å². The van der Waals surface area contributed by atoms with E-state index in [1.807, 2.05) is 6.07 Å². The fraction of sp³-hybridized carbons (Fsp3) is 0.158. The maximum absolute atomic E-state index is 12.6. The molecule has 2 aromatic rings. The van der Waals surface area contributed by atoms with Gasteiger partial charge in [-0.3, -0.25) is 9.59 Å². The van der Waals surface area contributed by atoms with Gasteiger partial charge in [0.1, 0.15) is 0 Å². The first-order chi connectivity index (χ1) is 11.5. The van der Waals surface area contributed by atoms with Crippen molar-refractivity contribution in [1.82, 2.24) is 0 Å². The molecule has 0 saturated heterocycles. The topological polar surface area (TPSA) is 75.6 Å². The largest absolute Gasteiger partial charge is 0.504 e. The van der Waals surface area contributed by atoms with Crippen LogP contribution in [-0.2, 0) is 11.2 Å². The van der Waals surface area contributed by atoms with Gasteiger partial charge >= 0.3 is 0 Å². The first-order valence-electron chi connectivity index (χ1n) is 7.50. The number of fused-ring (bicyclic) bond motifs is 1. The third kappa shape index (κ3) is 3.01. The molecule has 122 valence electrons. The summed E-state index contributed by atoms with van der Waals surface area (Å²) in [6, 6.07) is 10.3. The fourth-order valence-electron chi connectivity index (χ4n) is 2.78. The normalized spacial score (nSPS) is 14.6. The molecule has 1 aliphatic rings. The molecule has 0 unspecified atom stereocenters. The molecule has 0 radical (unpaired) electrons. The summed E-state index contributed by atoms with van der Waals surface area (Å²) in [6.45, 7) is 1.43. The molecule has 2 N–H and O–H groups in total. The Bertz CT molecular complexity index is 868. The molecule has 0 aromatic heterocycles. The van der Waals surface area contributed by atoms with Crippen molar-refractivity contribution in [3.8, 4) is 11.5 Å². The van der Waals surface area contributed by atoms with Gasteiger partial charge in [-0.15, -0.1) is 0 Å². The van der Waals surface area contributed by atoms with Crippen LogP contribution in [0.15, 0.2) is 42.0 Å². The van der Waals surface area contributed by atoms with Crippen LogP contribution in [0.2, 0.25) is 0 Å². The number of ether oxygens (including phenoxy) is 1. The molecular weight excluding hydrogens is 306 g/mol. The van der Waals surface area contributed by atoms with E-state index >= 15 is 0 Å². The number of methoxy groups -OCH3 is 1. The Morgan fingerprint density at radius 2 is 2.04 bits per heavy atom. The number of nitrogens with one attached hydrogen (secondary N) is 1. The highest BCUT2D eigenvalue weighted by atomic mass is 16.5. The minimum absolute atomic E-state index is 0.0516. The molecular formula is C19H17NO4. The monoisotopic (exact) mass is 323 g/mol. The van der Waals surface area contributed by atoms with Crippen LogP contribution in [0, 0.1) is 0 Å². The number of allylic oxidation sites excluding steroid dienone is 1. The Hall–Kier alpha value is -3.08. The average molecular weight is 323 g/mol. The highest BCUT2D eigenvalue weighted by Gasteiger charge is 2.25. The summed E-state index contributed by atoms with van der Waals surface area (Å²) in [5.74, 6) is 0.192. The lowest BCUT2D eigenvalue weighted by Crippen LogP contribution is -2.06. The van der Waals surface area contributed by atoms with Crippen LogP contribution < -0.4 is 10.1 Å². The number of phenols is 1. The highest BCUT2D eigenvalue weighted by molar-refractivity contribution is 6.16. The van der Waals surface area contributed by atoms with Crippen LogP contribution >= 0.6 is 0 Å². The number of Topliss-reactive ketones (excluding diaryl/α,β-unsaturated/α-hetero) is 1. The molecule has 0 heterocycles. The van der Waals surface area contributed by atoms with Crippen LogP contribution in [0.25, 0.3) is 6.08 Å². The number of ketones is 1. The van der Waals surface area contributed by atoms with E-state index in [0.29, 0.717) is 29.0 Å². The smallest absolute Gasteiger partial charge is 0.221 e. The minimum Gasteiger partial charge on any atom is -0.504 e. The summed E-state index contributed by atoms with van der Waals surface area (Å²) in [5.41, 5.74) is 3.60. The van der Waals surface area contributed by atoms with Crippen LogP contribution in [0.5, 0.6) is 11.5 Å². The summed E-state index contributed by atoms with van der Waals surface area (Å²) in [6.07, 6.45) is 2.33. The summed E-state index contributed by atoms with van der Waals surface area (Å²) in [7, 11) is 1.48. The molecule has 2 aromatic carbocycles. The first kappa shape index (κ1) is 15.8. The molecule has 3 rings (SSSR count). The minimum atomic E-state index is -0.174. The van der Waals surface area contributed by atoms with Gasteiger partial charge in [-0.1, -0.05) is 12.1 Å². The fourth-order valence-corrected chi connectivity index (χ4v) is 2.78. The third-order valence-electron chi connectivity index (χ3n) is 3.89. The zero-order valence-corrected chi connectivity index (χ0v) is 13.4. The number of anilines is 1. The van der Waals surface area contributed by atoms with Gasteiger partial charge in [0, 0.05) is 30.2 Å². The van der Waals surface area contributed by atoms with Crippen molar-refractivity contribution in [2.45, 2.75) is 13.3 Å². The van der Waals surface area contributed by atoms with E-state index < -0.39 is 0 Å². The second-order valence-corrected chi connectivity index (χ2v) is 5.66. The number of carbonyl (C=O) groups excluding carboxylic acids is 2. The van der Waals surface area contributed by atoms with Gasteiger partial charge in [-0.2, -0.15) is 0 Å². The maximum Gasteiger partial charge on any atom is 0.221 e. The Kier molecular flexibility index (Phi) is 4.08. The lowest BCUT2D eigenvalue weighted by molar-refractivity contribution is -0.114. The molecule has 1 amide bonds. The van der Waals surface area contributed by atoms with Crippen molar-refractivity contribution in [2.75, 3.05) is 12.4 Å². The lowest BCUT2D eigenvalue weighted by atomic mass is 10.1. The summed E-state index contributed by atoms with van der Waals surface area (Å²) < 4.78 is 5.09. The van der Waals surface area contributed by atoms with Gasteiger partial charge in [0.05, 0.1) is 7.11 Å². The van der Waals surface area contributed by atoms with E-state index in [1.165, 1.54) is 20.1 Å². The summed E-state index contributed by atoms with van der Waals surface area (Å²) in [4.78, 5) is 23.7. The quantitative estimate of drug-likeness (QED) is 0.851. The Balaban J connectivity index is 1.91. The number of phenolic OH excluding ortho intramolecular Hbond substituents is 1.